The first kappa shape index (κ1) is 22.3. The second-order valence-electron chi connectivity index (χ2n) is 7.78. The topological polar surface area (TPSA) is 93.9 Å². The second-order valence-corrected chi connectivity index (χ2v) is 9.07. The first-order valence-corrected chi connectivity index (χ1v) is 11.9. The van der Waals surface area contributed by atoms with Gasteiger partial charge in [0.1, 0.15) is 19.0 Å². The normalized spacial score (nSPS) is 17.0. The number of amides is 2. The summed E-state index contributed by atoms with van der Waals surface area (Å²) < 4.78 is 30.6. The highest BCUT2D eigenvalue weighted by Crippen LogP contribution is 2.34. The van der Waals surface area contributed by atoms with Crippen molar-refractivity contribution in [2.75, 3.05) is 32.1 Å². The van der Waals surface area contributed by atoms with Crippen molar-refractivity contribution < 1.29 is 27.9 Å². The minimum atomic E-state index is -0.431. The Morgan fingerprint density at radius 1 is 1.21 bits per heavy atom. The zero-order valence-corrected chi connectivity index (χ0v) is 19.2. The molecule has 1 saturated heterocycles. The van der Waals surface area contributed by atoms with E-state index in [9.17, 15) is 14.0 Å². The highest BCUT2D eigenvalue weighted by molar-refractivity contribution is 8.00. The van der Waals surface area contributed by atoms with Crippen LogP contribution in [0.4, 0.5) is 4.39 Å². The van der Waals surface area contributed by atoms with E-state index in [4.69, 9.17) is 13.9 Å². The summed E-state index contributed by atoms with van der Waals surface area (Å²) in [5, 5.41) is 2.62. The number of halogens is 1. The molecule has 0 spiro atoms. The number of nitrogens with one attached hydrogen (secondary N) is 1. The summed E-state index contributed by atoms with van der Waals surface area (Å²) in [6, 6.07) is 11.0. The van der Waals surface area contributed by atoms with Crippen molar-refractivity contribution in [2.45, 2.75) is 12.3 Å². The smallest absolute Gasteiger partial charge is 0.277 e. The first-order valence-electron chi connectivity index (χ1n) is 10.8. The Hall–Kier alpha value is -3.53. The van der Waals surface area contributed by atoms with Gasteiger partial charge in [0, 0.05) is 31.3 Å². The Bertz CT molecular complexity index is 1250. The monoisotopic (exact) mass is 483 g/mol. The van der Waals surface area contributed by atoms with E-state index in [1.165, 1.54) is 12.1 Å². The Morgan fingerprint density at radius 3 is 2.88 bits per heavy atom. The number of hydrogen-bond donors (Lipinski definition) is 1. The molecule has 34 heavy (non-hydrogen) atoms. The van der Waals surface area contributed by atoms with Crippen LogP contribution < -0.4 is 14.8 Å². The third kappa shape index (κ3) is 4.33. The number of nitrogens with zero attached hydrogens (tertiary/aromatic N) is 2. The third-order valence-electron chi connectivity index (χ3n) is 5.52. The average Bonchev–Trinajstić information content (AvgIpc) is 3.48. The maximum Gasteiger partial charge on any atom is 0.277 e. The van der Waals surface area contributed by atoms with Crippen LogP contribution >= 0.6 is 11.8 Å². The van der Waals surface area contributed by atoms with Crippen molar-refractivity contribution in [3.8, 4) is 22.8 Å². The van der Waals surface area contributed by atoms with E-state index in [0.717, 1.165) is 5.75 Å². The Morgan fingerprint density at radius 2 is 2.03 bits per heavy atom. The van der Waals surface area contributed by atoms with Gasteiger partial charge in [-0.05, 0) is 24.3 Å². The molecule has 176 valence electrons. The van der Waals surface area contributed by atoms with E-state index in [1.54, 1.807) is 53.9 Å². The molecule has 2 amide bonds. The van der Waals surface area contributed by atoms with Crippen LogP contribution in [0.3, 0.4) is 0 Å². The van der Waals surface area contributed by atoms with Crippen LogP contribution in [0.15, 0.2) is 46.9 Å². The summed E-state index contributed by atoms with van der Waals surface area (Å²) in [6.07, 6.45) is 0. The lowest BCUT2D eigenvalue weighted by molar-refractivity contribution is 0.0746. The van der Waals surface area contributed by atoms with E-state index in [2.05, 4.69) is 10.3 Å². The van der Waals surface area contributed by atoms with Crippen LogP contribution in [0.5, 0.6) is 11.5 Å². The molecule has 3 aromatic rings. The van der Waals surface area contributed by atoms with E-state index in [-0.39, 0.29) is 35.2 Å². The summed E-state index contributed by atoms with van der Waals surface area (Å²) in [5.41, 5.74) is 0.958. The van der Waals surface area contributed by atoms with Crippen molar-refractivity contribution in [3.63, 3.8) is 0 Å². The number of aryl methyl sites for hydroxylation is 1. The number of aromatic nitrogens is 1. The van der Waals surface area contributed by atoms with E-state index < -0.39 is 5.82 Å². The minimum Gasteiger partial charge on any atom is -0.486 e. The molecule has 2 aliphatic rings. The van der Waals surface area contributed by atoms with Gasteiger partial charge in [-0.3, -0.25) is 9.59 Å². The molecule has 3 heterocycles. The van der Waals surface area contributed by atoms with Crippen molar-refractivity contribution in [1.82, 2.24) is 15.2 Å². The van der Waals surface area contributed by atoms with Gasteiger partial charge in [0.15, 0.2) is 28.8 Å². The number of carbonyl (C=O) groups excluding carboxylic acids is 2. The van der Waals surface area contributed by atoms with Gasteiger partial charge in [0.2, 0.25) is 0 Å². The van der Waals surface area contributed by atoms with Crippen LogP contribution in [0.2, 0.25) is 0 Å². The zero-order valence-electron chi connectivity index (χ0n) is 18.4. The molecule has 0 saturated carbocycles. The van der Waals surface area contributed by atoms with Crippen LogP contribution in [0.1, 0.15) is 26.7 Å². The molecule has 0 radical (unpaired) electrons. The van der Waals surface area contributed by atoms with Crippen LogP contribution in [0.25, 0.3) is 11.3 Å². The summed E-state index contributed by atoms with van der Waals surface area (Å²) >= 11 is 1.57. The lowest BCUT2D eigenvalue weighted by atomic mass is 10.1. The molecule has 0 aliphatic carbocycles. The fraction of sp³-hybridized carbons (Fsp3) is 0.292. The summed E-state index contributed by atoms with van der Waals surface area (Å²) in [5.74, 6) is 1.17. The van der Waals surface area contributed by atoms with Gasteiger partial charge in [-0.15, -0.1) is 11.8 Å². The Kier molecular flexibility index (Phi) is 6.14. The highest BCUT2D eigenvalue weighted by Gasteiger charge is 2.34. The fourth-order valence-corrected chi connectivity index (χ4v) is 5.14. The predicted octanol–water partition coefficient (Wildman–Crippen LogP) is 3.51. The molecule has 2 aromatic carbocycles. The lowest BCUT2D eigenvalue weighted by Gasteiger charge is -2.24. The number of thioether (sulfide) groups is 1. The summed E-state index contributed by atoms with van der Waals surface area (Å²) in [4.78, 5) is 32.2. The van der Waals surface area contributed by atoms with Gasteiger partial charge in [-0.25, -0.2) is 9.37 Å². The molecule has 1 unspecified atom stereocenters. The minimum absolute atomic E-state index is 0.129. The second kappa shape index (κ2) is 9.38. The van der Waals surface area contributed by atoms with Gasteiger partial charge in [-0.1, -0.05) is 18.2 Å². The number of ether oxygens (including phenoxy) is 2. The van der Waals surface area contributed by atoms with Gasteiger partial charge >= 0.3 is 0 Å². The van der Waals surface area contributed by atoms with Crippen LogP contribution in [-0.4, -0.2) is 59.1 Å². The van der Waals surface area contributed by atoms with Crippen LogP contribution in [-0.2, 0) is 0 Å². The molecule has 2 aliphatic heterocycles. The molecular formula is C24H22FN3O5S. The summed E-state index contributed by atoms with van der Waals surface area (Å²) in [7, 11) is 0. The molecule has 1 atom stereocenters. The molecule has 8 nitrogen and oxygen atoms in total. The molecule has 10 heteroatoms. The van der Waals surface area contributed by atoms with E-state index in [0.29, 0.717) is 48.3 Å². The number of oxazole rings is 1. The number of rotatable bonds is 5. The van der Waals surface area contributed by atoms with Gasteiger partial charge in [0.25, 0.3) is 11.8 Å². The van der Waals surface area contributed by atoms with Crippen molar-refractivity contribution in [2.24, 2.45) is 0 Å². The molecular weight excluding hydrogens is 461 g/mol. The fourth-order valence-electron chi connectivity index (χ4n) is 3.98. The standard InChI is InChI=1S/C24H22FN3O5S/c1-14-27-20(21(33-14)15-4-2-5-16(25)12-15)24(30)28-8-11-34-19(28)13-26-23(29)17-6-3-7-18-22(17)32-10-9-31-18/h2-7,12,19H,8-11,13H2,1H3,(H,26,29). The van der Waals surface area contributed by atoms with Gasteiger partial charge < -0.3 is 24.1 Å². The van der Waals surface area contributed by atoms with Crippen molar-refractivity contribution in [3.05, 3.63) is 65.4 Å². The third-order valence-corrected chi connectivity index (χ3v) is 6.75. The maximum absolute atomic E-state index is 13.8. The zero-order chi connectivity index (χ0) is 23.7. The van der Waals surface area contributed by atoms with Gasteiger partial charge in [-0.2, -0.15) is 0 Å². The SMILES string of the molecule is Cc1nc(C(=O)N2CCSC2CNC(=O)c2cccc3c2OCCO3)c(-c2cccc(F)c2)o1. The quantitative estimate of drug-likeness (QED) is 0.594. The molecule has 1 N–H and O–H groups in total. The number of hydrogen-bond acceptors (Lipinski definition) is 7. The van der Waals surface area contributed by atoms with Gasteiger partial charge in [0.05, 0.1) is 10.9 Å². The Labute approximate surface area is 199 Å². The molecule has 1 aromatic heterocycles. The van der Waals surface area contributed by atoms with Crippen LogP contribution in [0, 0.1) is 12.7 Å². The van der Waals surface area contributed by atoms with Crippen molar-refractivity contribution >= 4 is 23.6 Å². The lowest BCUT2D eigenvalue weighted by Crippen LogP contribution is -2.42. The average molecular weight is 484 g/mol. The highest BCUT2D eigenvalue weighted by atomic mass is 32.2. The predicted molar refractivity (Wildman–Crippen MR) is 124 cm³/mol. The number of benzene rings is 2. The molecule has 0 bridgehead atoms. The Balaban J connectivity index is 1.32. The summed E-state index contributed by atoms with van der Waals surface area (Å²) in [6.45, 7) is 3.19. The number of para-hydroxylation sites is 1. The largest absolute Gasteiger partial charge is 0.486 e. The van der Waals surface area contributed by atoms with E-state index >= 15 is 0 Å². The maximum atomic E-state index is 13.8. The van der Waals surface area contributed by atoms with E-state index in [1.807, 2.05) is 0 Å². The molecule has 5 rings (SSSR count). The molecule has 1 fully saturated rings. The van der Waals surface area contributed by atoms with Crippen molar-refractivity contribution in [1.29, 1.82) is 0 Å². The number of fused-ring (bicyclic) bond motifs is 1. The first-order chi connectivity index (χ1) is 16.5. The number of carbonyl (C=O) groups is 2.